The van der Waals surface area contributed by atoms with E-state index >= 15 is 0 Å². The van der Waals surface area contributed by atoms with Gasteiger partial charge in [-0.05, 0) is 32.3 Å². The average molecular weight is 184 g/mol. The van der Waals surface area contributed by atoms with E-state index in [0.717, 1.165) is 12.8 Å². The van der Waals surface area contributed by atoms with Gasteiger partial charge in [-0.15, -0.1) is 0 Å². The maximum absolute atomic E-state index is 10.9. The molecule has 1 saturated carbocycles. The van der Waals surface area contributed by atoms with Gasteiger partial charge in [0.05, 0.1) is 19.8 Å². The van der Waals surface area contributed by atoms with E-state index in [2.05, 4.69) is 4.74 Å². The second kappa shape index (κ2) is 5.02. The van der Waals surface area contributed by atoms with Crippen LogP contribution in [0.15, 0.2) is 11.6 Å². The Balaban J connectivity index is 2.17. The molecule has 0 unspecified atom stereocenters. The van der Waals surface area contributed by atoms with Crippen molar-refractivity contribution in [3.63, 3.8) is 0 Å². The van der Waals surface area contributed by atoms with E-state index in [1.165, 1.54) is 13.5 Å². The predicted octanol–water partition coefficient (Wildman–Crippen LogP) is 1.67. The van der Waals surface area contributed by atoms with Crippen molar-refractivity contribution in [3.05, 3.63) is 11.6 Å². The third-order valence-electron chi connectivity index (χ3n) is 2.28. The molecule has 0 aromatic rings. The van der Waals surface area contributed by atoms with Crippen molar-refractivity contribution < 1.29 is 14.3 Å². The van der Waals surface area contributed by atoms with Crippen molar-refractivity contribution >= 4 is 5.97 Å². The monoisotopic (exact) mass is 184 g/mol. The number of methoxy groups -OCH3 is 1. The summed E-state index contributed by atoms with van der Waals surface area (Å²) < 4.78 is 10.0. The first-order valence-corrected chi connectivity index (χ1v) is 4.60. The Kier molecular flexibility index (Phi) is 3.96. The number of esters is 1. The fraction of sp³-hybridized carbons (Fsp3) is 0.700. The Morgan fingerprint density at radius 1 is 1.54 bits per heavy atom. The second-order valence-electron chi connectivity index (χ2n) is 3.26. The number of ether oxygens (including phenoxy) is 2. The van der Waals surface area contributed by atoms with E-state index in [1.807, 2.05) is 0 Å². The Morgan fingerprint density at radius 3 is 2.69 bits per heavy atom. The lowest BCUT2D eigenvalue weighted by Crippen LogP contribution is -2.21. The molecule has 0 aromatic carbocycles. The van der Waals surface area contributed by atoms with Gasteiger partial charge in [0.2, 0.25) is 0 Å². The highest BCUT2D eigenvalue weighted by molar-refractivity contribution is 5.87. The standard InChI is InChI=1S/C10H16O3/c1-8(10(11)12-2)6-7-13-9-4-3-5-9/h6,9H,3-5,7H2,1-2H3. The molecule has 0 atom stereocenters. The van der Waals surface area contributed by atoms with Crippen molar-refractivity contribution in [3.8, 4) is 0 Å². The molecule has 1 rings (SSSR count). The molecule has 0 N–H and O–H groups in total. The summed E-state index contributed by atoms with van der Waals surface area (Å²) in [5.41, 5.74) is 0.613. The zero-order valence-corrected chi connectivity index (χ0v) is 8.21. The minimum absolute atomic E-state index is 0.280. The van der Waals surface area contributed by atoms with E-state index in [4.69, 9.17) is 4.74 Å². The van der Waals surface area contributed by atoms with Crippen LogP contribution in [0.25, 0.3) is 0 Å². The third-order valence-corrected chi connectivity index (χ3v) is 2.28. The lowest BCUT2D eigenvalue weighted by Gasteiger charge is -2.24. The summed E-state index contributed by atoms with van der Waals surface area (Å²) in [5, 5.41) is 0. The van der Waals surface area contributed by atoms with Gasteiger partial charge in [-0.2, -0.15) is 0 Å². The normalized spacial score (nSPS) is 18.2. The Morgan fingerprint density at radius 2 is 2.23 bits per heavy atom. The maximum Gasteiger partial charge on any atom is 0.333 e. The summed E-state index contributed by atoms with van der Waals surface area (Å²) in [5.74, 6) is -0.280. The van der Waals surface area contributed by atoms with Crippen LogP contribution in [0.5, 0.6) is 0 Å². The Bertz CT molecular complexity index is 204. The fourth-order valence-electron chi connectivity index (χ4n) is 1.09. The zero-order valence-electron chi connectivity index (χ0n) is 8.21. The lowest BCUT2D eigenvalue weighted by atomic mass is 9.96. The van der Waals surface area contributed by atoms with Crippen molar-refractivity contribution in [1.82, 2.24) is 0 Å². The molecule has 0 spiro atoms. The van der Waals surface area contributed by atoms with Gasteiger partial charge in [0.25, 0.3) is 0 Å². The first-order chi connectivity index (χ1) is 6.24. The van der Waals surface area contributed by atoms with Crippen molar-refractivity contribution in [2.24, 2.45) is 0 Å². The van der Waals surface area contributed by atoms with Crippen LogP contribution in [0, 0.1) is 0 Å². The molecule has 1 fully saturated rings. The minimum Gasteiger partial charge on any atom is -0.466 e. The fourth-order valence-corrected chi connectivity index (χ4v) is 1.09. The smallest absolute Gasteiger partial charge is 0.333 e. The van der Waals surface area contributed by atoms with Gasteiger partial charge in [-0.1, -0.05) is 0 Å². The van der Waals surface area contributed by atoms with E-state index < -0.39 is 0 Å². The molecule has 13 heavy (non-hydrogen) atoms. The molecule has 0 saturated heterocycles. The number of carbonyl (C=O) groups is 1. The van der Waals surface area contributed by atoms with Crippen LogP contribution in [-0.2, 0) is 14.3 Å². The first kappa shape index (κ1) is 10.3. The van der Waals surface area contributed by atoms with Crippen molar-refractivity contribution in [2.75, 3.05) is 13.7 Å². The summed E-state index contributed by atoms with van der Waals surface area (Å²) in [4.78, 5) is 10.9. The molecule has 0 aliphatic heterocycles. The number of carbonyl (C=O) groups excluding carboxylic acids is 1. The van der Waals surface area contributed by atoms with Crippen LogP contribution in [0.2, 0.25) is 0 Å². The summed E-state index contributed by atoms with van der Waals surface area (Å²) in [6.07, 6.45) is 5.77. The summed E-state index contributed by atoms with van der Waals surface area (Å²) in [7, 11) is 1.38. The van der Waals surface area contributed by atoms with Crippen LogP contribution >= 0.6 is 0 Å². The lowest BCUT2D eigenvalue weighted by molar-refractivity contribution is -0.136. The molecule has 0 heterocycles. The molecule has 3 nitrogen and oxygen atoms in total. The van der Waals surface area contributed by atoms with Crippen LogP contribution < -0.4 is 0 Å². The number of hydrogen-bond donors (Lipinski definition) is 0. The van der Waals surface area contributed by atoms with Gasteiger partial charge in [0.15, 0.2) is 0 Å². The number of hydrogen-bond acceptors (Lipinski definition) is 3. The third kappa shape index (κ3) is 3.19. The van der Waals surface area contributed by atoms with Gasteiger partial charge in [0, 0.05) is 5.57 Å². The van der Waals surface area contributed by atoms with Gasteiger partial charge in [-0.25, -0.2) is 4.79 Å². The molecule has 1 aliphatic carbocycles. The van der Waals surface area contributed by atoms with Crippen LogP contribution in [0.3, 0.4) is 0 Å². The van der Waals surface area contributed by atoms with Gasteiger partial charge < -0.3 is 9.47 Å². The molecule has 1 aliphatic rings. The summed E-state index contributed by atoms with van der Waals surface area (Å²) in [6.45, 7) is 2.25. The molecule has 0 bridgehead atoms. The molecule has 0 aromatic heterocycles. The quantitative estimate of drug-likeness (QED) is 0.492. The van der Waals surface area contributed by atoms with E-state index in [1.54, 1.807) is 13.0 Å². The largest absolute Gasteiger partial charge is 0.466 e. The first-order valence-electron chi connectivity index (χ1n) is 4.60. The Labute approximate surface area is 78.7 Å². The van der Waals surface area contributed by atoms with Crippen LogP contribution in [-0.4, -0.2) is 25.8 Å². The minimum atomic E-state index is -0.280. The van der Waals surface area contributed by atoms with Gasteiger partial charge in [0.1, 0.15) is 0 Å². The summed E-state index contributed by atoms with van der Waals surface area (Å²) >= 11 is 0. The molecule has 3 heteroatoms. The molecular formula is C10H16O3. The van der Waals surface area contributed by atoms with E-state index in [9.17, 15) is 4.79 Å². The highest BCUT2D eigenvalue weighted by Gasteiger charge is 2.16. The topological polar surface area (TPSA) is 35.5 Å². The second-order valence-corrected chi connectivity index (χ2v) is 3.26. The van der Waals surface area contributed by atoms with E-state index in [0.29, 0.717) is 18.3 Å². The maximum atomic E-state index is 10.9. The van der Waals surface area contributed by atoms with Crippen LogP contribution in [0.4, 0.5) is 0 Å². The van der Waals surface area contributed by atoms with Gasteiger partial charge in [-0.3, -0.25) is 0 Å². The zero-order chi connectivity index (χ0) is 9.68. The molecule has 0 radical (unpaired) electrons. The Hall–Kier alpha value is -0.830. The van der Waals surface area contributed by atoms with Crippen molar-refractivity contribution in [1.29, 1.82) is 0 Å². The molecule has 0 amide bonds. The van der Waals surface area contributed by atoms with Crippen LogP contribution in [0.1, 0.15) is 26.2 Å². The summed E-state index contributed by atoms with van der Waals surface area (Å²) in [6, 6.07) is 0. The average Bonchev–Trinajstić information content (AvgIpc) is 2.07. The van der Waals surface area contributed by atoms with Crippen molar-refractivity contribution in [2.45, 2.75) is 32.3 Å². The predicted molar refractivity (Wildman–Crippen MR) is 49.4 cm³/mol. The SMILES string of the molecule is COC(=O)C(C)=CCOC1CCC1. The highest BCUT2D eigenvalue weighted by atomic mass is 16.5. The van der Waals surface area contributed by atoms with Gasteiger partial charge >= 0.3 is 5.97 Å². The number of rotatable bonds is 4. The molecule has 74 valence electrons. The highest BCUT2D eigenvalue weighted by Crippen LogP contribution is 2.21. The van der Waals surface area contributed by atoms with E-state index in [-0.39, 0.29) is 5.97 Å². The molecular weight excluding hydrogens is 168 g/mol.